The molecule has 0 radical (unpaired) electrons. The highest BCUT2D eigenvalue weighted by Crippen LogP contribution is 2.57. The SMILES string of the molecule is O=C1CC[C@@H]2N[C@@]3(C(=O)Nc4cc(Cl)ccc43)[C@@H](c3cccc(Br)c3F)[C@H]12. The van der Waals surface area contributed by atoms with Crippen molar-refractivity contribution in [3.63, 3.8) is 0 Å². The van der Waals surface area contributed by atoms with E-state index in [9.17, 15) is 9.59 Å². The van der Waals surface area contributed by atoms with E-state index in [2.05, 4.69) is 26.6 Å². The van der Waals surface area contributed by atoms with Crippen molar-refractivity contribution in [1.82, 2.24) is 5.32 Å². The summed E-state index contributed by atoms with van der Waals surface area (Å²) in [6.07, 6.45) is 1.09. The lowest BCUT2D eigenvalue weighted by atomic mass is 9.71. The summed E-state index contributed by atoms with van der Waals surface area (Å²) >= 11 is 9.33. The van der Waals surface area contributed by atoms with Crippen molar-refractivity contribution in [3.05, 3.63) is 62.8 Å². The predicted octanol–water partition coefficient (Wildman–Crippen LogP) is 4.12. The number of fused-ring (bicyclic) bond motifs is 3. The molecule has 5 rings (SSSR count). The molecule has 0 aromatic heterocycles. The maximum absolute atomic E-state index is 15.1. The molecule has 2 fully saturated rings. The topological polar surface area (TPSA) is 58.2 Å². The molecule has 1 spiro atoms. The van der Waals surface area contributed by atoms with Gasteiger partial charge in [-0.15, -0.1) is 0 Å². The van der Waals surface area contributed by atoms with Crippen LogP contribution in [0.4, 0.5) is 10.1 Å². The molecule has 0 bridgehead atoms. The van der Waals surface area contributed by atoms with Gasteiger partial charge in [-0.1, -0.05) is 29.8 Å². The van der Waals surface area contributed by atoms with E-state index in [0.29, 0.717) is 39.2 Å². The van der Waals surface area contributed by atoms with Crippen molar-refractivity contribution in [2.45, 2.75) is 30.3 Å². The third-order valence-corrected chi connectivity index (χ3v) is 6.92. The Morgan fingerprint density at radius 2 is 2.04 bits per heavy atom. The van der Waals surface area contributed by atoms with E-state index in [1.807, 2.05) is 0 Å². The second kappa shape index (κ2) is 5.87. The molecule has 1 saturated carbocycles. The summed E-state index contributed by atoms with van der Waals surface area (Å²) in [6.45, 7) is 0. The van der Waals surface area contributed by atoms with Gasteiger partial charge in [-0.05, 0) is 46.1 Å². The number of hydrogen-bond donors (Lipinski definition) is 2. The van der Waals surface area contributed by atoms with Crippen LogP contribution in [0, 0.1) is 11.7 Å². The van der Waals surface area contributed by atoms with E-state index >= 15 is 4.39 Å². The van der Waals surface area contributed by atoms with Gasteiger partial charge in [0.25, 0.3) is 0 Å². The van der Waals surface area contributed by atoms with E-state index in [4.69, 9.17) is 11.6 Å². The fourth-order valence-electron chi connectivity index (χ4n) is 5.05. The average Bonchev–Trinajstić information content (AvgIpc) is 3.24. The molecular formula is C20H15BrClFN2O2. The Balaban J connectivity index is 1.78. The molecule has 7 heteroatoms. The molecule has 2 aromatic carbocycles. The van der Waals surface area contributed by atoms with Crippen LogP contribution in [0.2, 0.25) is 5.02 Å². The lowest BCUT2D eigenvalue weighted by molar-refractivity contribution is -0.123. The van der Waals surface area contributed by atoms with Crippen LogP contribution in [0.3, 0.4) is 0 Å². The number of halogens is 3. The largest absolute Gasteiger partial charge is 0.324 e. The maximum Gasteiger partial charge on any atom is 0.250 e. The van der Waals surface area contributed by atoms with Crippen LogP contribution in [0.15, 0.2) is 40.9 Å². The van der Waals surface area contributed by atoms with E-state index in [0.717, 1.165) is 0 Å². The first-order valence-corrected chi connectivity index (χ1v) is 9.96. The smallest absolute Gasteiger partial charge is 0.250 e. The van der Waals surface area contributed by atoms with Crippen molar-refractivity contribution in [2.75, 3.05) is 5.32 Å². The normalized spacial score (nSPS) is 31.3. The maximum atomic E-state index is 15.1. The van der Waals surface area contributed by atoms with Crippen LogP contribution in [-0.2, 0) is 15.1 Å². The number of ketones is 1. The van der Waals surface area contributed by atoms with E-state index in [1.165, 1.54) is 0 Å². The number of carbonyl (C=O) groups is 2. The predicted molar refractivity (Wildman–Crippen MR) is 103 cm³/mol. The molecule has 2 aliphatic heterocycles. The highest BCUT2D eigenvalue weighted by Gasteiger charge is 2.65. The number of amides is 1. The second-order valence-corrected chi connectivity index (χ2v) is 8.65. The minimum Gasteiger partial charge on any atom is -0.324 e. The first kappa shape index (κ1) is 17.3. The van der Waals surface area contributed by atoms with Gasteiger partial charge in [0, 0.05) is 40.6 Å². The van der Waals surface area contributed by atoms with Crippen molar-refractivity contribution < 1.29 is 14.0 Å². The zero-order valence-electron chi connectivity index (χ0n) is 14.1. The lowest BCUT2D eigenvalue weighted by Gasteiger charge is -2.32. The fourth-order valence-corrected chi connectivity index (χ4v) is 5.60. The summed E-state index contributed by atoms with van der Waals surface area (Å²) in [7, 11) is 0. The Morgan fingerprint density at radius 1 is 1.22 bits per heavy atom. The van der Waals surface area contributed by atoms with Crippen molar-refractivity contribution in [3.8, 4) is 0 Å². The minimum atomic E-state index is -1.19. The first-order valence-electron chi connectivity index (χ1n) is 8.79. The number of anilines is 1. The molecule has 4 atom stereocenters. The van der Waals surface area contributed by atoms with Crippen LogP contribution in [-0.4, -0.2) is 17.7 Å². The Labute approximate surface area is 168 Å². The summed E-state index contributed by atoms with van der Waals surface area (Å²) < 4.78 is 15.4. The summed E-state index contributed by atoms with van der Waals surface area (Å²) in [5.74, 6) is -1.70. The average molecular weight is 450 g/mol. The Kier molecular flexibility index (Phi) is 3.77. The third-order valence-electron chi connectivity index (χ3n) is 6.08. The number of rotatable bonds is 1. The van der Waals surface area contributed by atoms with Crippen LogP contribution >= 0.6 is 27.5 Å². The summed E-state index contributed by atoms with van der Waals surface area (Å²) in [5, 5.41) is 6.80. The minimum absolute atomic E-state index is 0.0731. The summed E-state index contributed by atoms with van der Waals surface area (Å²) in [4.78, 5) is 25.9. The molecule has 2 heterocycles. The van der Waals surface area contributed by atoms with Gasteiger partial charge in [0.05, 0.1) is 4.47 Å². The van der Waals surface area contributed by atoms with Crippen molar-refractivity contribution in [1.29, 1.82) is 0 Å². The number of hydrogen-bond acceptors (Lipinski definition) is 3. The van der Waals surface area contributed by atoms with Crippen LogP contribution in [0.1, 0.15) is 29.9 Å². The van der Waals surface area contributed by atoms with Gasteiger partial charge in [-0.25, -0.2) is 4.39 Å². The highest BCUT2D eigenvalue weighted by atomic mass is 79.9. The number of carbonyl (C=O) groups excluding carboxylic acids is 2. The molecule has 1 aliphatic carbocycles. The van der Waals surface area contributed by atoms with Gasteiger partial charge < -0.3 is 5.32 Å². The molecular weight excluding hydrogens is 435 g/mol. The van der Waals surface area contributed by atoms with Gasteiger partial charge >= 0.3 is 0 Å². The highest BCUT2D eigenvalue weighted by molar-refractivity contribution is 9.10. The van der Waals surface area contributed by atoms with Gasteiger partial charge in [0.1, 0.15) is 17.1 Å². The molecule has 1 amide bonds. The third kappa shape index (κ3) is 2.24. The Hall–Kier alpha value is -1.76. The molecule has 2 aromatic rings. The Morgan fingerprint density at radius 3 is 2.85 bits per heavy atom. The quantitative estimate of drug-likeness (QED) is 0.688. The zero-order chi connectivity index (χ0) is 18.9. The molecule has 1 saturated heterocycles. The van der Waals surface area contributed by atoms with Gasteiger partial charge in [0.15, 0.2) is 0 Å². The molecule has 2 N–H and O–H groups in total. The van der Waals surface area contributed by atoms with Gasteiger partial charge in [-0.2, -0.15) is 0 Å². The van der Waals surface area contributed by atoms with Gasteiger partial charge in [-0.3, -0.25) is 14.9 Å². The zero-order valence-corrected chi connectivity index (χ0v) is 16.4. The number of nitrogens with one attached hydrogen (secondary N) is 2. The number of Topliss-reactive ketones (excluding diaryl/α,β-unsaturated/α-hetero) is 1. The van der Waals surface area contributed by atoms with Crippen LogP contribution < -0.4 is 10.6 Å². The fraction of sp³-hybridized carbons (Fsp3) is 0.300. The second-order valence-electron chi connectivity index (χ2n) is 7.35. The lowest BCUT2D eigenvalue weighted by Crippen LogP contribution is -2.49. The van der Waals surface area contributed by atoms with E-state index in [1.54, 1.807) is 36.4 Å². The van der Waals surface area contributed by atoms with E-state index in [-0.39, 0.29) is 17.7 Å². The molecule has 27 heavy (non-hydrogen) atoms. The molecule has 4 nitrogen and oxygen atoms in total. The standard InChI is InChI=1S/C20H15BrClFN2O2/c21-12-3-1-2-10(18(12)23)17-16-13(6-7-15(16)26)25-20(17)11-5-4-9(22)8-14(11)24-19(20)27/h1-5,8,13,16-17,25H,6-7H2,(H,24,27)/t13-,16-,17-,20+/m0/s1. The van der Waals surface area contributed by atoms with Crippen molar-refractivity contribution in [2.24, 2.45) is 5.92 Å². The molecule has 0 unspecified atom stereocenters. The number of benzene rings is 2. The van der Waals surface area contributed by atoms with Crippen LogP contribution in [0.5, 0.6) is 0 Å². The summed E-state index contributed by atoms with van der Waals surface area (Å²) in [5.41, 5.74) is 0.501. The monoisotopic (exact) mass is 448 g/mol. The summed E-state index contributed by atoms with van der Waals surface area (Å²) in [6, 6.07) is 10.1. The first-order chi connectivity index (χ1) is 12.9. The van der Waals surface area contributed by atoms with Crippen molar-refractivity contribution >= 4 is 44.9 Å². The Bertz CT molecular complexity index is 1010. The van der Waals surface area contributed by atoms with Gasteiger partial charge in [0.2, 0.25) is 5.91 Å². The van der Waals surface area contributed by atoms with Crippen LogP contribution in [0.25, 0.3) is 0 Å². The molecule has 3 aliphatic rings. The van der Waals surface area contributed by atoms with E-state index < -0.39 is 23.2 Å². The molecule has 138 valence electrons.